The largest absolute Gasteiger partial charge is 0.346 e. The number of pyridine rings is 1. The van der Waals surface area contributed by atoms with E-state index in [-0.39, 0.29) is 5.52 Å². The van der Waals surface area contributed by atoms with E-state index in [2.05, 4.69) is 15.0 Å². The molecule has 3 aromatic rings. The van der Waals surface area contributed by atoms with Gasteiger partial charge in [-0.25, -0.2) is 9.18 Å². The molecule has 0 bridgehead atoms. The molecule has 0 fully saturated rings. The highest BCUT2D eigenvalue weighted by Crippen LogP contribution is 2.24. The molecule has 0 amide bonds. The van der Waals surface area contributed by atoms with E-state index < -0.39 is 11.5 Å². The summed E-state index contributed by atoms with van der Waals surface area (Å²) in [5.74, 6) is -0.510. The van der Waals surface area contributed by atoms with Gasteiger partial charge in [0.2, 0.25) is 0 Å². The number of nitrogens with one attached hydrogen (secondary N) is 1. The molecule has 5 heteroatoms. The predicted molar refractivity (Wildman–Crippen MR) is 65.6 cm³/mol. The van der Waals surface area contributed by atoms with E-state index in [0.29, 0.717) is 16.6 Å². The van der Waals surface area contributed by atoms with Crippen LogP contribution in [0.15, 0.2) is 47.5 Å². The SMILES string of the molecule is O=c1nc2c(F)cccc2c(-c2cccnc2)[nH]1. The van der Waals surface area contributed by atoms with Crippen LogP contribution in [-0.2, 0) is 0 Å². The molecule has 0 aliphatic carbocycles. The molecule has 18 heavy (non-hydrogen) atoms. The smallest absolute Gasteiger partial charge is 0.305 e. The number of aromatic amines is 1. The minimum absolute atomic E-state index is 0.0695. The molecular weight excluding hydrogens is 233 g/mol. The van der Waals surface area contributed by atoms with Crippen LogP contribution in [-0.4, -0.2) is 15.0 Å². The van der Waals surface area contributed by atoms with Crippen molar-refractivity contribution in [3.63, 3.8) is 0 Å². The van der Waals surface area contributed by atoms with Gasteiger partial charge in [0.05, 0.1) is 5.69 Å². The Morgan fingerprint density at radius 3 is 2.83 bits per heavy atom. The van der Waals surface area contributed by atoms with Gasteiger partial charge < -0.3 is 4.98 Å². The third kappa shape index (κ3) is 1.66. The second-order valence-corrected chi connectivity index (χ2v) is 3.79. The molecule has 0 spiro atoms. The van der Waals surface area contributed by atoms with Crippen LogP contribution in [0.1, 0.15) is 0 Å². The maximum atomic E-state index is 13.6. The number of fused-ring (bicyclic) bond motifs is 1. The number of halogens is 1. The van der Waals surface area contributed by atoms with E-state index in [1.165, 1.54) is 6.07 Å². The fourth-order valence-corrected chi connectivity index (χ4v) is 1.87. The van der Waals surface area contributed by atoms with Gasteiger partial charge in [0.25, 0.3) is 0 Å². The summed E-state index contributed by atoms with van der Waals surface area (Å²) in [6.45, 7) is 0. The van der Waals surface area contributed by atoms with Gasteiger partial charge >= 0.3 is 5.69 Å². The Balaban J connectivity index is 2.43. The number of nitrogens with zero attached hydrogens (tertiary/aromatic N) is 2. The van der Waals surface area contributed by atoms with Crippen molar-refractivity contribution in [2.75, 3.05) is 0 Å². The molecule has 0 unspecified atom stereocenters. The molecule has 0 aliphatic rings. The first kappa shape index (κ1) is 10.6. The van der Waals surface area contributed by atoms with Crippen LogP contribution in [0, 0.1) is 5.82 Å². The summed E-state index contributed by atoms with van der Waals surface area (Å²) < 4.78 is 13.6. The lowest BCUT2D eigenvalue weighted by Gasteiger charge is -2.05. The Kier molecular flexibility index (Phi) is 2.37. The molecule has 0 atom stereocenters. The summed E-state index contributed by atoms with van der Waals surface area (Å²) in [4.78, 5) is 21.7. The van der Waals surface area contributed by atoms with Crippen LogP contribution < -0.4 is 5.69 Å². The van der Waals surface area contributed by atoms with Crippen molar-refractivity contribution >= 4 is 10.9 Å². The molecule has 2 aromatic heterocycles. The van der Waals surface area contributed by atoms with Crippen LogP contribution >= 0.6 is 0 Å². The van der Waals surface area contributed by atoms with Crippen molar-refractivity contribution < 1.29 is 4.39 Å². The van der Waals surface area contributed by atoms with Gasteiger partial charge in [0, 0.05) is 23.3 Å². The summed E-state index contributed by atoms with van der Waals surface area (Å²) in [6.07, 6.45) is 3.24. The standard InChI is InChI=1S/C13H8FN3O/c14-10-5-1-4-9-11(8-3-2-6-15-7-8)16-13(18)17-12(9)10/h1-7H,(H,16,17,18). The fraction of sp³-hybridized carbons (Fsp3) is 0. The lowest BCUT2D eigenvalue weighted by molar-refractivity contribution is 0.636. The first-order valence-electron chi connectivity index (χ1n) is 5.34. The van der Waals surface area contributed by atoms with Gasteiger partial charge in [-0.15, -0.1) is 0 Å². The highest BCUT2D eigenvalue weighted by molar-refractivity contribution is 5.91. The molecule has 2 heterocycles. The van der Waals surface area contributed by atoms with Gasteiger partial charge in [0.15, 0.2) is 0 Å². The number of hydrogen-bond acceptors (Lipinski definition) is 3. The third-order valence-corrected chi connectivity index (χ3v) is 2.65. The Bertz CT molecular complexity index is 768. The number of hydrogen-bond donors (Lipinski definition) is 1. The highest BCUT2D eigenvalue weighted by atomic mass is 19.1. The average Bonchev–Trinajstić information content (AvgIpc) is 2.40. The molecule has 1 aromatic carbocycles. The van der Waals surface area contributed by atoms with Crippen LogP contribution in [0.25, 0.3) is 22.2 Å². The fourth-order valence-electron chi connectivity index (χ4n) is 1.87. The Morgan fingerprint density at radius 2 is 2.06 bits per heavy atom. The normalized spacial score (nSPS) is 10.7. The van der Waals surface area contributed by atoms with Gasteiger partial charge in [-0.3, -0.25) is 4.98 Å². The van der Waals surface area contributed by atoms with Crippen LogP contribution in [0.2, 0.25) is 0 Å². The maximum absolute atomic E-state index is 13.6. The lowest BCUT2D eigenvalue weighted by Crippen LogP contribution is -2.12. The maximum Gasteiger partial charge on any atom is 0.346 e. The molecule has 0 saturated carbocycles. The Morgan fingerprint density at radius 1 is 1.17 bits per heavy atom. The lowest BCUT2D eigenvalue weighted by atomic mass is 10.1. The number of para-hydroxylation sites is 1. The van der Waals surface area contributed by atoms with Gasteiger partial charge in [-0.05, 0) is 18.2 Å². The van der Waals surface area contributed by atoms with Gasteiger partial charge in [0.1, 0.15) is 11.3 Å². The van der Waals surface area contributed by atoms with Crippen molar-refractivity contribution in [2.45, 2.75) is 0 Å². The molecule has 0 radical (unpaired) electrons. The van der Waals surface area contributed by atoms with Crippen molar-refractivity contribution in [1.29, 1.82) is 0 Å². The third-order valence-electron chi connectivity index (χ3n) is 2.65. The zero-order valence-corrected chi connectivity index (χ0v) is 9.22. The molecule has 0 saturated heterocycles. The molecular formula is C13H8FN3O. The van der Waals surface area contributed by atoms with E-state index in [1.807, 2.05) is 0 Å². The second-order valence-electron chi connectivity index (χ2n) is 3.79. The quantitative estimate of drug-likeness (QED) is 0.710. The zero-order chi connectivity index (χ0) is 12.5. The first-order valence-corrected chi connectivity index (χ1v) is 5.34. The van der Waals surface area contributed by atoms with E-state index in [9.17, 15) is 9.18 Å². The topological polar surface area (TPSA) is 58.6 Å². The van der Waals surface area contributed by atoms with Gasteiger partial charge in [-0.1, -0.05) is 12.1 Å². The summed E-state index contributed by atoms with van der Waals surface area (Å²) in [5.41, 5.74) is 0.733. The molecule has 1 N–H and O–H groups in total. The van der Waals surface area contributed by atoms with E-state index >= 15 is 0 Å². The minimum atomic E-state index is -0.577. The van der Waals surface area contributed by atoms with Gasteiger partial charge in [-0.2, -0.15) is 4.98 Å². The van der Waals surface area contributed by atoms with Crippen molar-refractivity contribution in [1.82, 2.24) is 15.0 Å². The summed E-state index contributed by atoms with van der Waals surface area (Å²) >= 11 is 0. The zero-order valence-electron chi connectivity index (χ0n) is 9.22. The second kappa shape index (κ2) is 4.03. The van der Waals surface area contributed by atoms with Crippen LogP contribution in [0.4, 0.5) is 4.39 Å². The van der Waals surface area contributed by atoms with Crippen molar-refractivity contribution in [3.05, 3.63) is 59.0 Å². The summed E-state index contributed by atoms with van der Waals surface area (Å²) in [5, 5.41) is 0.558. The van der Waals surface area contributed by atoms with Crippen molar-refractivity contribution in [3.8, 4) is 11.3 Å². The van der Waals surface area contributed by atoms with E-state index in [4.69, 9.17) is 0 Å². The monoisotopic (exact) mass is 241 g/mol. The first-order chi connectivity index (χ1) is 8.75. The number of rotatable bonds is 1. The number of aromatic nitrogens is 3. The van der Waals surface area contributed by atoms with E-state index in [1.54, 1.807) is 36.7 Å². The van der Waals surface area contributed by atoms with Crippen LogP contribution in [0.3, 0.4) is 0 Å². The number of H-pyrrole nitrogens is 1. The molecule has 3 rings (SSSR count). The molecule has 4 nitrogen and oxygen atoms in total. The molecule has 88 valence electrons. The minimum Gasteiger partial charge on any atom is -0.305 e. The average molecular weight is 241 g/mol. The predicted octanol–water partition coefficient (Wildman–Crippen LogP) is 2.12. The van der Waals surface area contributed by atoms with E-state index in [0.717, 1.165) is 0 Å². The van der Waals surface area contributed by atoms with Crippen molar-refractivity contribution in [2.24, 2.45) is 0 Å². The Labute approximate surface area is 101 Å². The Hall–Kier alpha value is -2.56. The molecule has 0 aliphatic heterocycles. The number of benzene rings is 1. The summed E-state index contributed by atoms with van der Waals surface area (Å²) in [7, 11) is 0. The summed E-state index contributed by atoms with van der Waals surface area (Å²) in [6, 6.07) is 8.12. The van der Waals surface area contributed by atoms with Crippen LogP contribution in [0.5, 0.6) is 0 Å². The highest BCUT2D eigenvalue weighted by Gasteiger charge is 2.09.